The van der Waals surface area contributed by atoms with Crippen molar-refractivity contribution in [1.82, 2.24) is 49.0 Å². The van der Waals surface area contributed by atoms with Crippen molar-refractivity contribution in [3.8, 4) is 68.1 Å². The Balaban J connectivity index is 1.21. The lowest BCUT2D eigenvalue weighted by Gasteiger charge is -2.20. The fraction of sp³-hybridized carbons (Fsp3) is 0. The Morgan fingerprint density at radius 2 is 0.682 bits per heavy atom. The van der Waals surface area contributed by atoms with Crippen LogP contribution in [0.3, 0.4) is 0 Å². The first kappa shape index (κ1) is 38.3. The number of halogens is 2. The molecule has 12 rings (SSSR count). The van der Waals surface area contributed by atoms with E-state index in [9.17, 15) is 0 Å². The first-order valence-corrected chi connectivity index (χ1v) is 20.8. The zero-order valence-electron chi connectivity index (χ0n) is 34.4. The van der Waals surface area contributed by atoms with E-state index in [-0.39, 0.29) is 11.3 Å². The predicted molar refractivity (Wildman–Crippen MR) is 251 cm³/mol. The Morgan fingerprint density at radius 1 is 0.364 bits per heavy atom. The molecule has 0 aliphatic carbocycles. The molecule has 0 spiro atoms. The number of hydrogen-bond donors (Lipinski definition) is 0. The van der Waals surface area contributed by atoms with Gasteiger partial charge in [-0.3, -0.25) is 0 Å². The fourth-order valence-corrected chi connectivity index (χ4v) is 8.87. The lowest BCUT2D eigenvalue weighted by molar-refractivity contribution is 0.584. The van der Waals surface area contributed by atoms with Crippen LogP contribution in [0.2, 0.25) is 0 Å². The van der Waals surface area contributed by atoms with E-state index in [1.165, 1.54) is 12.1 Å². The van der Waals surface area contributed by atoms with Gasteiger partial charge in [0.05, 0.1) is 40.0 Å². The Labute approximate surface area is 373 Å². The van der Waals surface area contributed by atoms with Gasteiger partial charge in [0.15, 0.2) is 29.0 Å². The molecule has 0 aliphatic heterocycles. The van der Waals surface area contributed by atoms with Crippen LogP contribution < -0.4 is 0 Å². The van der Waals surface area contributed by atoms with Crippen LogP contribution >= 0.6 is 0 Å². The van der Waals surface area contributed by atoms with Crippen molar-refractivity contribution in [2.24, 2.45) is 0 Å². The number of aromatic nitrogens is 10. The van der Waals surface area contributed by atoms with E-state index >= 15 is 8.78 Å². The number of fused-ring (bicyclic) bond motifs is 6. The van der Waals surface area contributed by atoms with Gasteiger partial charge in [0.2, 0.25) is 0 Å². The van der Waals surface area contributed by atoms with E-state index < -0.39 is 11.6 Å². The second kappa shape index (κ2) is 15.4. The van der Waals surface area contributed by atoms with Crippen LogP contribution in [0.15, 0.2) is 177 Å². The predicted octanol–water partition coefficient (Wildman–Crippen LogP) is 12.2. The minimum Gasteiger partial charge on any atom is -0.308 e. The largest absolute Gasteiger partial charge is 0.308 e. The Kier molecular flexibility index (Phi) is 8.95. The zero-order valence-corrected chi connectivity index (χ0v) is 34.4. The Morgan fingerprint density at radius 3 is 1.00 bits per heavy atom. The molecular formula is C53H29F2N11. The molecule has 13 heteroatoms. The fourth-order valence-electron chi connectivity index (χ4n) is 8.87. The minimum absolute atomic E-state index is 0.199. The van der Waals surface area contributed by atoms with E-state index in [1.807, 2.05) is 54.6 Å². The summed E-state index contributed by atoms with van der Waals surface area (Å²) >= 11 is 0. The smallest absolute Gasteiger partial charge is 0.197 e. The highest BCUT2D eigenvalue weighted by Gasteiger charge is 2.24. The van der Waals surface area contributed by atoms with Crippen molar-refractivity contribution >= 4 is 49.3 Å². The molecule has 11 nitrogen and oxygen atoms in total. The molecule has 0 bridgehead atoms. The molecule has 6 heterocycles. The molecule has 0 radical (unpaired) electrons. The topological polar surface area (TPSA) is 117 Å². The van der Waals surface area contributed by atoms with Gasteiger partial charge in [-0.05, 0) is 132 Å². The third-order valence-corrected chi connectivity index (χ3v) is 11.7. The lowest BCUT2D eigenvalue weighted by atomic mass is 10.0. The molecule has 0 fully saturated rings. The second-order valence-corrected chi connectivity index (χ2v) is 15.5. The summed E-state index contributed by atoms with van der Waals surface area (Å²) in [5.41, 5.74) is 8.58. The maximum absolute atomic E-state index is 15.1. The van der Waals surface area contributed by atoms with Crippen molar-refractivity contribution in [3.63, 3.8) is 0 Å². The molecule has 66 heavy (non-hydrogen) atoms. The Hall–Kier alpha value is -9.41. The third-order valence-electron chi connectivity index (χ3n) is 11.7. The summed E-state index contributed by atoms with van der Waals surface area (Å²) in [5, 5.41) is 3.55. The van der Waals surface area contributed by atoms with Crippen LogP contribution in [0, 0.1) is 18.2 Å². The molecule has 12 aromatic rings. The second-order valence-electron chi connectivity index (χ2n) is 15.5. The SMILES string of the molecule is [C-]#[N+]c1cc(-n2c3ccc(-c4ncccn4)cc3c3cc(-c4ncccn4)ccc32)c(-n2c3ccc(-c4ncccn4)cc3c3cc(-c4ncccn4)ccc32)cc1-c1cc(F)cc(F)c1. The number of nitrogens with zero attached hydrogens (tertiary/aromatic N) is 11. The van der Waals surface area contributed by atoms with Crippen molar-refractivity contribution in [2.45, 2.75) is 0 Å². The van der Waals surface area contributed by atoms with Gasteiger partial charge in [0.1, 0.15) is 11.6 Å². The van der Waals surface area contributed by atoms with Crippen LogP contribution in [-0.4, -0.2) is 49.0 Å². The van der Waals surface area contributed by atoms with Crippen LogP contribution in [0.4, 0.5) is 14.5 Å². The van der Waals surface area contributed by atoms with Crippen LogP contribution in [0.25, 0.3) is 117 Å². The molecule has 0 saturated carbocycles. The van der Waals surface area contributed by atoms with Gasteiger partial charge in [-0.2, -0.15) is 0 Å². The maximum Gasteiger partial charge on any atom is 0.197 e. The summed E-state index contributed by atoms with van der Waals surface area (Å²) in [6, 6.07) is 38.4. The van der Waals surface area contributed by atoms with Crippen LogP contribution in [0.1, 0.15) is 0 Å². The van der Waals surface area contributed by atoms with Crippen LogP contribution in [0.5, 0.6) is 0 Å². The average molecular weight is 858 g/mol. The summed E-state index contributed by atoms with van der Waals surface area (Å²) in [6.07, 6.45) is 13.7. The van der Waals surface area contributed by atoms with Crippen molar-refractivity contribution in [2.75, 3.05) is 0 Å². The number of benzene rings is 6. The lowest BCUT2D eigenvalue weighted by Crippen LogP contribution is -2.04. The first-order chi connectivity index (χ1) is 32.5. The van der Waals surface area contributed by atoms with Gasteiger partial charge in [-0.15, -0.1) is 0 Å². The number of rotatable bonds is 7. The highest BCUT2D eigenvalue weighted by molar-refractivity contribution is 6.14. The van der Waals surface area contributed by atoms with Gasteiger partial charge in [0, 0.05) is 99.4 Å². The maximum atomic E-state index is 15.1. The quantitative estimate of drug-likeness (QED) is 0.145. The molecule has 6 aromatic heterocycles. The average Bonchev–Trinajstić information content (AvgIpc) is 3.87. The first-order valence-electron chi connectivity index (χ1n) is 20.8. The molecule has 0 amide bonds. The molecule has 310 valence electrons. The van der Waals surface area contributed by atoms with E-state index in [4.69, 9.17) is 6.57 Å². The summed E-state index contributed by atoms with van der Waals surface area (Å²) < 4.78 is 34.4. The molecule has 0 atom stereocenters. The molecular weight excluding hydrogens is 829 g/mol. The summed E-state index contributed by atoms with van der Waals surface area (Å²) in [7, 11) is 0. The monoisotopic (exact) mass is 857 g/mol. The standard InChI is InChI=1S/C53H29F2N11/c1-56-43-30-49(66-46-12-8-33(52-61-18-4-19-62-52)26-41(46)42-27-34(9-13-47(42)66)53-63-20-5-21-64-53)48(29-38(43)35-22-36(54)28-37(55)23-35)65-44-10-6-31(50-57-14-2-15-58-50)24-39(44)40-25-32(7-11-45(40)65)51-59-16-3-17-60-51/h2-30H. The van der Waals surface area contributed by atoms with Gasteiger partial charge >= 0.3 is 0 Å². The summed E-state index contributed by atoms with van der Waals surface area (Å²) in [5.74, 6) is 0.743. The van der Waals surface area contributed by atoms with Gasteiger partial charge in [-0.1, -0.05) is 0 Å². The molecule has 0 aliphatic rings. The van der Waals surface area contributed by atoms with E-state index in [0.29, 0.717) is 40.2 Å². The van der Waals surface area contributed by atoms with E-state index in [2.05, 4.69) is 78.1 Å². The molecule has 0 saturated heterocycles. The summed E-state index contributed by atoms with van der Waals surface area (Å²) in [6.45, 7) is 8.52. The van der Waals surface area contributed by atoms with Crippen molar-refractivity contribution in [1.29, 1.82) is 0 Å². The molecule has 0 unspecified atom stereocenters. The van der Waals surface area contributed by atoms with Crippen LogP contribution in [-0.2, 0) is 0 Å². The molecule has 0 N–H and O–H groups in total. The van der Waals surface area contributed by atoms with Gasteiger partial charge in [0.25, 0.3) is 0 Å². The zero-order chi connectivity index (χ0) is 44.3. The molecule has 6 aromatic carbocycles. The van der Waals surface area contributed by atoms with Crippen molar-refractivity contribution < 1.29 is 8.78 Å². The van der Waals surface area contributed by atoms with Gasteiger partial charge in [-0.25, -0.2) is 53.5 Å². The highest BCUT2D eigenvalue weighted by atomic mass is 19.1. The van der Waals surface area contributed by atoms with E-state index in [0.717, 1.165) is 71.9 Å². The van der Waals surface area contributed by atoms with Gasteiger partial charge < -0.3 is 9.13 Å². The minimum atomic E-state index is -0.756. The van der Waals surface area contributed by atoms with E-state index in [1.54, 1.807) is 79.9 Å². The summed E-state index contributed by atoms with van der Waals surface area (Å²) in [4.78, 5) is 40.4. The Bertz CT molecular complexity index is 3690. The number of hydrogen-bond acceptors (Lipinski definition) is 8. The third kappa shape index (κ3) is 6.39. The highest BCUT2D eigenvalue weighted by Crippen LogP contribution is 2.45. The normalized spacial score (nSPS) is 11.5. The van der Waals surface area contributed by atoms with Crippen molar-refractivity contribution in [3.05, 3.63) is 200 Å².